The molecule has 1 aliphatic rings. The third-order valence-corrected chi connectivity index (χ3v) is 3.43. The van der Waals surface area contributed by atoms with Crippen molar-refractivity contribution >= 4 is 0 Å². The molecule has 100 valence electrons. The molecule has 0 radical (unpaired) electrons. The van der Waals surface area contributed by atoms with Gasteiger partial charge in [0.25, 0.3) is 5.56 Å². The van der Waals surface area contributed by atoms with E-state index in [0.29, 0.717) is 12.1 Å². The van der Waals surface area contributed by atoms with E-state index in [4.69, 9.17) is 5.26 Å². The summed E-state index contributed by atoms with van der Waals surface area (Å²) in [5, 5.41) is 16.5. The van der Waals surface area contributed by atoms with E-state index >= 15 is 0 Å². The second kappa shape index (κ2) is 5.27. The van der Waals surface area contributed by atoms with E-state index in [9.17, 15) is 4.79 Å². The lowest BCUT2D eigenvalue weighted by molar-refractivity contribution is 0.562. The number of hydrogen-bond donors (Lipinski definition) is 1. The number of fused-ring (bicyclic) bond motifs is 1. The standard InChI is InChI=1S/C15H14N4O/c16-8-11-1-3-12(4-2-11)10-19-15(20)7-13-9-17-6-5-14(13)18-19/h1-4,7,17H,5-6,9-10H2. The minimum atomic E-state index is -0.0863. The summed E-state index contributed by atoms with van der Waals surface area (Å²) in [5.41, 5.74) is 3.49. The first-order valence-electron chi connectivity index (χ1n) is 6.56. The molecule has 2 heterocycles. The van der Waals surface area contributed by atoms with E-state index < -0.39 is 0 Å². The van der Waals surface area contributed by atoms with E-state index in [1.54, 1.807) is 18.2 Å². The van der Waals surface area contributed by atoms with Crippen LogP contribution in [0.1, 0.15) is 22.4 Å². The van der Waals surface area contributed by atoms with Crippen LogP contribution in [-0.4, -0.2) is 16.3 Å². The van der Waals surface area contributed by atoms with Gasteiger partial charge in [-0.15, -0.1) is 0 Å². The molecule has 2 aromatic rings. The number of rotatable bonds is 2. The number of aromatic nitrogens is 2. The highest BCUT2D eigenvalue weighted by Gasteiger charge is 2.12. The van der Waals surface area contributed by atoms with Crippen LogP contribution in [0.2, 0.25) is 0 Å². The zero-order chi connectivity index (χ0) is 13.9. The largest absolute Gasteiger partial charge is 0.312 e. The highest BCUT2D eigenvalue weighted by Crippen LogP contribution is 2.09. The lowest BCUT2D eigenvalue weighted by atomic mass is 10.1. The average molecular weight is 266 g/mol. The summed E-state index contributed by atoms with van der Waals surface area (Å²) in [6.07, 6.45) is 0.850. The first kappa shape index (κ1) is 12.6. The Morgan fingerprint density at radius 1 is 1.35 bits per heavy atom. The molecule has 0 saturated carbocycles. The quantitative estimate of drug-likeness (QED) is 0.873. The minimum absolute atomic E-state index is 0.0863. The van der Waals surface area contributed by atoms with Gasteiger partial charge in [-0.05, 0) is 23.3 Å². The SMILES string of the molecule is N#Cc1ccc(Cn2nc3c(cc2=O)CNCC3)cc1. The molecule has 5 heteroatoms. The van der Waals surface area contributed by atoms with Crippen LogP contribution in [0.25, 0.3) is 0 Å². The number of benzene rings is 1. The molecule has 3 rings (SSSR count). The van der Waals surface area contributed by atoms with Gasteiger partial charge >= 0.3 is 0 Å². The Morgan fingerprint density at radius 3 is 2.90 bits per heavy atom. The fourth-order valence-corrected chi connectivity index (χ4v) is 2.33. The van der Waals surface area contributed by atoms with Crippen LogP contribution >= 0.6 is 0 Å². The van der Waals surface area contributed by atoms with Crippen LogP contribution in [0.5, 0.6) is 0 Å². The topological polar surface area (TPSA) is 70.7 Å². The van der Waals surface area contributed by atoms with Gasteiger partial charge in [0.05, 0.1) is 23.9 Å². The van der Waals surface area contributed by atoms with E-state index in [-0.39, 0.29) is 5.56 Å². The van der Waals surface area contributed by atoms with Crippen molar-refractivity contribution < 1.29 is 0 Å². The summed E-state index contributed by atoms with van der Waals surface area (Å²) in [6, 6.07) is 11.0. The van der Waals surface area contributed by atoms with Gasteiger partial charge in [-0.3, -0.25) is 4.79 Å². The zero-order valence-corrected chi connectivity index (χ0v) is 11.0. The van der Waals surface area contributed by atoms with E-state index in [1.807, 2.05) is 12.1 Å². The van der Waals surface area contributed by atoms with Crippen molar-refractivity contribution in [2.45, 2.75) is 19.5 Å². The van der Waals surface area contributed by atoms with E-state index in [2.05, 4.69) is 16.5 Å². The van der Waals surface area contributed by atoms with Gasteiger partial charge in [0, 0.05) is 25.6 Å². The molecule has 0 saturated heterocycles. The first-order valence-corrected chi connectivity index (χ1v) is 6.56. The third kappa shape index (κ3) is 2.46. The van der Waals surface area contributed by atoms with E-state index in [1.165, 1.54) is 4.68 Å². The Hall–Kier alpha value is -2.45. The van der Waals surface area contributed by atoms with Crippen LogP contribution < -0.4 is 10.9 Å². The molecule has 5 nitrogen and oxygen atoms in total. The number of nitrogens with zero attached hydrogens (tertiary/aromatic N) is 3. The van der Waals surface area contributed by atoms with Gasteiger partial charge in [-0.25, -0.2) is 4.68 Å². The summed E-state index contributed by atoms with van der Waals surface area (Å²) in [4.78, 5) is 12.0. The zero-order valence-electron chi connectivity index (χ0n) is 11.0. The molecule has 1 aromatic heterocycles. The van der Waals surface area contributed by atoms with Crippen molar-refractivity contribution in [3.63, 3.8) is 0 Å². The Labute approximate surface area is 116 Å². The van der Waals surface area contributed by atoms with Crippen LogP contribution in [0.3, 0.4) is 0 Å². The maximum atomic E-state index is 12.0. The highest BCUT2D eigenvalue weighted by atomic mass is 16.1. The molecule has 0 amide bonds. The molecule has 1 aromatic carbocycles. The predicted molar refractivity (Wildman–Crippen MR) is 74.2 cm³/mol. The summed E-state index contributed by atoms with van der Waals surface area (Å²) >= 11 is 0. The van der Waals surface area contributed by atoms with Crippen molar-refractivity contribution in [2.75, 3.05) is 6.54 Å². The molecule has 1 aliphatic heterocycles. The number of nitriles is 1. The van der Waals surface area contributed by atoms with Gasteiger partial charge in [0.2, 0.25) is 0 Å². The molecule has 0 aliphatic carbocycles. The normalized spacial score (nSPS) is 13.6. The smallest absolute Gasteiger partial charge is 0.267 e. The van der Waals surface area contributed by atoms with Crippen molar-refractivity contribution in [1.82, 2.24) is 15.1 Å². The third-order valence-electron chi connectivity index (χ3n) is 3.43. The second-order valence-electron chi connectivity index (χ2n) is 4.85. The van der Waals surface area contributed by atoms with Crippen LogP contribution in [0, 0.1) is 11.3 Å². The Morgan fingerprint density at radius 2 is 2.15 bits per heavy atom. The van der Waals surface area contributed by atoms with Crippen molar-refractivity contribution in [3.8, 4) is 6.07 Å². The second-order valence-corrected chi connectivity index (χ2v) is 4.85. The highest BCUT2D eigenvalue weighted by molar-refractivity contribution is 5.31. The van der Waals surface area contributed by atoms with Crippen LogP contribution in [0.15, 0.2) is 35.1 Å². The molecule has 0 fully saturated rings. The number of hydrogen-bond acceptors (Lipinski definition) is 4. The molecule has 0 atom stereocenters. The Bertz CT molecular complexity index is 725. The fraction of sp³-hybridized carbons (Fsp3) is 0.267. The predicted octanol–water partition coefficient (Wildman–Crippen LogP) is 0.809. The molecule has 0 bridgehead atoms. The van der Waals surface area contributed by atoms with E-state index in [0.717, 1.165) is 36.3 Å². The Kier molecular flexibility index (Phi) is 3.32. The number of nitrogens with one attached hydrogen (secondary N) is 1. The maximum absolute atomic E-state index is 12.0. The lowest BCUT2D eigenvalue weighted by Gasteiger charge is -2.17. The summed E-state index contributed by atoms with van der Waals surface area (Å²) in [6.45, 7) is 2.05. The van der Waals surface area contributed by atoms with Crippen molar-refractivity contribution in [1.29, 1.82) is 5.26 Å². The summed E-state index contributed by atoms with van der Waals surface area (Å²) < 4.78 is 1.49. The minimum Gasteiger partial charge on any atom is -0.312 e. The molecule has 0 unspecified atom stereocenters. The van der Waals surface area contributed by atoms with Gasteiger partial charge in [0.15, 0.2) is 0 Å². The molecule has 0 spiro atoms. The lowest BCUT2D eigenvalue weighted by Crippen LogP contribution is -2.31. The summed E-state index contributed by atoms with van der Waals surface area (Å²) in [7, 11) is 0. The van der Waals surface area contributed by atoms with Crippen LogP contribution in [0.4, 0.5) is 0 Å². The van der Waals surface area contributed by atoms with Crippen molar-refractivity contribution in [3.05, 3.63) is 63.1 Å². The fourth-order valence-electron chi connectivity index (χ4n) is 2.33. The average Bonchev–Trinajstić information content (AvgIpc) is 2.49. The first-order chi connectivity index (χ1) is 9.76. The van der Waals surface area contributed by atoms with Crippen molar-refractivity contribution in [2.24, 2.45) is 0 Å². The van der Waals surface area contributed by atoms with Gasteiger partial charge < -0.3 is 5.32 Å². The van der Waals surface area contributed by atoms with Gasteiger partial charge in [-0.1, -0.05) is 12.1 Å². The maximum Gasteiger partial charge on any atom is 0.267 e. The van der Waals surface area contributed by atoms with Crippen LogP contribution in [-0.2, 0) is 19.5 Å². The van der Waals surface area contributed by atoms with Gasteiger partial charge in [-0.2, -0.15) is 10.4 Å². The summed E-state index contributed by atoms with van der Waals surface area (Å²) in [5.74, 6) is 0. The monoisotopic (exact) mass is 266 g/mol. The van der Waals surface area contributed by atoms with Gasteiger partial charge in [0.1, 0.15) is 0 Å². The Balaban J connectivity index is 1.90. The molecular formula is C15H14N4O. The molecular weight excluding hydrogens is 252 g/mol. The molecule has 20 heavy (non-hydrogen) atoms. The molecule has 1 N–H and O–H groups in total.